The molecule has 0 radical (unpaired) electrons. The van der Waals surface area contributed by atoms with Crippen molar-refractivity contribution >= 4 is 16.6 Å². The number of anilines is 1. The van der Waals surface area contributed by atoms with Gasteiger partial charge in [-0.15, -0.1) is 0 Å². The van der Waals surface area contributed by atoms with Gasteiger partial charge in [-0.2, -0.15) is 0 Å². The molecular formula is C23H28N6O2. The Hall–Kier alpha value is -3.00. The summed E-state index contributed by atoms with van der Waals surface area (Å²) in [7, 11) is 1.75. The number of piperazine rings is 1. The molecule has 0 N–H and O–H groups in total. The second-order valence-corrected chi connectivity index (χ2v) is 8.65. The minimum Gasteiger partial charge on any atom is -0.369 e. The molecule has 0 bridgehead atoms. The van der Waals surface area contributed by atoms with E-state index in [-0.39, 0.29) is 11.1 Å². The van der Waals surface area contributed by atoms with E-state index < -0.39 is 0 Å². The zero-order chi connectivity index (χ0) is 21.4. The summed E-state index contributed by atoms with van der Waals surface area (Å²) in [4.78, 5) is 38.6. The van der Waals surface area contributed by atoms with E-state index in [4.69, 9.17) is 0 Å². The summed E-state index contributed by atoms with van der Waals surface area (Å²) in [6.45, 7) is 4.00. The Morgan fingerprint density at radius 3 is 2.55 bits per heavy atom. The predicted molar refractivity (Wildman–Crippen MR) is 120 cm³/mol. The van der Waals surface area contributed by atoms with Crippen molar-refractivity contribution < 1.29 is 0 Å². The van der Waals surface area contributed by atoms with E-state index in [0.29, 0.717) is 23.7 Å². The van der Waals surface area contributed by atoms with E-state index in [2.05, 4.69) is 19.8 Å². The Labute approximate surface area is 180 Å². The number of aromatic nitrogens is 4. The molecule has 1 aliphatic carbocycles. The molecular weight excluding hydrogens is 392 g/mol. The van der Waals surface area contributed by atoms with Crippen LogP contribution in [0, 0.1) is 0 Å². The first-order chi connectivity index (χ1) is 15.1. The van der Waals surface area contributed by atoms with Gasteiger partial charge in [-0.3, -0.25) is 24.0 Å². The molecule has 1 aromatic carbocycles. The first-order valence-electron chi connectivity index (χ1n) is 11.1. The number of fused-ring (bicyclic) bond motifs is 1. The second-order valence-electron chi connectivity index (χ2n) is 8.65. The van der Waals surface area contributed by atoms with E-state index in [1.165, 1.54) is 12.8 Å². The molecule has 8 nitrogen and oxygen atoms in total. The molecule has 5 rings (SSSR count). The SMILES string of the molecule is Cn1ccnc(CN2CCN(c3ccc4c(=O)n(C5CCCC5)cnc4c3)CC2)c1=O. The standard InChI is InChI=1S/C23H28N6O2/c1-26-9-8-24-21(23(26)31)15-27-10-12-28(13-11-27)18-6-7-19-20(14-18)25-16-29(22(19)30)17-4-2-3-5-17/h6-9,14,16-17H,2-5,10-13,15H2,1H3. The van der Waals surface area contributed by atoms with Gasteiger partial charge in [0.15, 0.2) is 0 Å². The molecule has 2 aromatic heterocycles. The summed E-state index contributed by atoms with van der Waals surface area (Å²) in [5.74, 6) is 0. The van der Waals surface area contributed by atoms with Gasteiger partial charge in [-0.1, -0.05) is 12.8 Å². The van der Waals surface area contributed by atoms with E-state index in [9.17, 15) is 9.59 Å². The molecule has 0 amide bonds. The zero-order valence-corrected chi connectivity index (χ0v) is 17.9. The minimum atomic E-state index is -0.0335. The van der Waals surface area contributed by atoms with Gasteiger partial charge in [-0.25, -0.2) is 4.98 Å². The highest BCUT2D eigenvalue weighted by atomic mass is 16.1. The lowest BCUT2D eigenvalue weighted by molar-refractivity contribution is 0.245. The number of hydrogen-bond acceptors (Lipinski definition) is 6. The largest absolute Gasteiger partial charge is 0.369 e. The number of hydrogen-bond donors (Lipinski definition) is 0. The molecule has 162 valence electrons. The molecule has 3 aromatic rings. The number of aryl methyl sites for hydroxylation is 1. The maximum absolute atomic E-state index is 12.9. The van der Waals surface area contributed by atoms with E-state index in [1.807, 2.05) is 22.8 Å². The molecule has 0 unspecified atom stereocenters. The summed E-state index contributed by atoms with van der Waals surface area (Å²) in [6.07, 6.45) is 9.61. The van der Waals surface area contributed by atoms with Crippen molar-refractivity contribution in [3.8, 4) is 0 Å². The average Bonchev–Trinajstić information content (AvgIpc) is 3.32. The van der Waals surface area contributed by atoms with Crippen molar-refractivity contribution in [2.75, 3.05) is 31.1 Å². The monoisotopic (exact) mass is 420 g/mol. The van der Waals surface area contributed by atoms with Crippen molar-refractivity contribution in [1.82, 2.24) is 24.0 Å². The minimum absolute atomic E-state index is 0.0335. The summed E-state index contributed by atoms with van der Waals surface area (Å²) < 4.78 is 3.40. The number of benzene rings is 1. The Morgan fingerprint density at radius 2 is 1.77 bits per heavy atom. The second kappa shape index (κ2) is 8.26. The fourth-order valence-electron chi connectivity index (χ4n) is 4.80. The van der Waals surface area contributed by atoms with Crippen molar-refractivity contribution in [2.24, 2.45) is 7.05 Å². The molecule has 1 saturated heterocycles. The Kier molecular flexibility index (Phi) is 5.31. The summed E-state index contributed by atoms with van der Waals surface area (Å²) in [5.41, 5.74) is 2.48. The van der Waals surface area contributed by atoms with Crippen LogP contribution < -0.4 is 16.0 Å². The van der Waals surface area contributed by atoms with Crippen molar-refractivity contribution in [3.05, 3.63) is 63.3 Å². The van der Waals surface area contributed by atoms with Gasteiger partial charge in [-0.05, 0) is 31.0 Å². The van der Waals surface area contributed by atoms with Crippen LogP contribution in [0.3, 0.4) is 0 Å². The summed E-state index contributed by atoms with van der Waals surface area (Å²) in [5, 5.41) is 0.697. The number of nitrogens with zero attached hydrogens (tertiary/aromatic N) is 6. The van der Waals surface area contributed by atoms with Crippen LogP contribution in [-0.4, -0.2) is 50.2 Å². The van der Waals surface area contributed by atoms with Gasteiger partial charge in [0.05, 0.1) is 17.2 Å². The van der Waals surface area contributed by atoms with Gasteiger partial charge in [0.25, 0.3) is 11.1 Å². The third-order valence-electron chi connectivity index (χ3n) is 6.68. The fourth-order valence-corrected chi connectivity index (χ4v) is 4.80. The van der Waals surface area contributed by atoms with Crippen LogP contribution in [0.25, 0.3) is 10.9 Å². The summed E-state index contributed by atoms with van der Waals surface area (Å²) >= 11 is 0. The first-order valence-corrected chi connectivity index (χ1v) is 11.1. The highest BCUT2D eigenvalue weighted by Gasteiger charge is 2.21. The van der Waals surface area contributed by atoms with Crippen LogP contribution in [0.5, 0.6) is 0 Å². The Bertz CT molecular complexity index is 1200. The molecule has 3 heterocycles. The van der Waals surface area contributed by atoms with Crippen molar-refractivity contribution in [1.29, 1.82) is 0 Å². The van der Waals surface area contributed by atoms with Crippen LogP contribution in [0.2, 0.25) is 0 Å². The van der Waals surface area contributed by atoms with E-state index in [1.54, 1.807) is 30.3 Å². The molecule has 1 aliphatic heterocycles. The molecule has 0 spiro atoms. The molecule has 0 atom stereocenters. The zero-order valence-electron chi connectivity index (χ0n) is 17.9. The van der Waals surface area contributed by atoms with E-state index in [0.717, 1.165) is 50.2 Å². The lowest BCUT2D eigenvalue weighted by atomic mass is 10.1. The third-order valence-corrected chi connectivity index (χ3v) is 6.68. The maximum Gasteiger partial charge on any atom is 0.273 e. The lowest BCUT2D eigenvalue weighted by Gasteiger charge is -2.35. The van der Waals surface area contributed by atoms with Gasteiger partial charge in [0.2, 0.25) is 0 Å². The Morgan fingerprint density at radius 1 is 1.00 bits per heavy atom. The molecule has 2 aliphatic rings. The fraction of sp³-hybridized carbons (Fsp3) is 0.478. The topological polar surface area (TPSA) is 76.3 Å². The lowest BCUT2D eigenvalue weighted by Crippen LogP contribution is -2.46. The molecule has 31 heavy (non-hydrogen) atoms. The van der Waals surface area contributed by atoms with Gasteiger partial charge < -0.3 is 9.47 Å². The normalized spacial score (nSPS) is 18.2. The van der Waals surface area contributed by atoms with Gasteiger partial charge in [0, 0.05) is 63.9 Å². The average molecular weight is 421 g/mol. The van der Waals surface area contributed by atoms with Crippen molar-refractivity contribution in [3.63, 3.8) is 0 Å². The maximum atomic E-state index is 12.9. The third kappa shape index (κ3) is 3.87. The van der Waals surface area contributed by atoms with Crippen molar-refractivity contribution in [2.45, 2.75) is 38.3 Å². The van der Waals surface area contributed by atoms with Gasteiger partial charge in [0.1, 0.15) is 5.69 Å². The smallest absolute Gasteiger partial charge is 0.273 e. The highest BCUT2D eigenvalue weighted by molar-refractivity contribution is 5.81. The molecule has 8 heteroatoms. The highest BCUT2D eigenvalue weighted by Crippen LogP contribution is 2.28. The Balaban J connectivity index is 1.29. The van der Waals surface area contributed by atoms with Crippen LogP contribution in [-0.2, 0) is 13.6 Å². The molecule has 2 fully saturated rings. The van der Waals surface area contributed by atoms with Crippen LogP contribution in [0.15, 0.2) is 46.5 Å². The van der Waals surface area contributed by atoms with E-state index >= 15 is 0 Å². The first kappa shape index (κ1) is 19.9. The van der Waals surface area contributed by atoms with Crippen LogP contribution >= 0.6 is 0 Å². The van der Waals surface area contributed by atoms with Crippen LogP contribution in [0.1, 0.15) is 37.4 Å². The quantitative estimate of drug-likeness (QED) is 0.642. The number of rotatable bonds is 4. The van der Waals surface area contributed by atoms with Crippen LogP contribution in [0.4, 0.5) is 5.69 Å². The molecule has 1 saturated carbocycles. The summed E-state index contributed by atoms with van der Waals surface area (Å²) in [6, 6.07) is 6.29. The predicted octanol–water partition coefficient (Wildman–Crippen LogP) is 1.93. The van der Waals surface area contributed by atoms with Gasteiger partial charge >= 0.3 is 0 Å².